The number of urea groups is 1. The fourth-order valence-corrected chi connectivity index (χ4v) is 3.75. The van der Waals surface area contributed by atoms with Gasteiger partial charge in [-0.2, -0.15) is 0 Å². The van der Waals surface area contributed by atoms with Gasteiger partial charge in [-0.05, 0) is 56.9 Å². The third kappa shape index (κ3) is 4.75. The van der Waals surface area contributed by atoms with Crippen LogP contribution in [0, 0.1) is 5.92 Å². The number of anilines is 2. The summed E-state index contributed by atoms with van der Waals surface area (Å²) in [4.78, 5) is 41.4. The van der Waals surface area contributed by atoms with Crippen LogP contribution in [0.3, 0.4) is 0 Å². The van der Waals surface area contributed by atoms with Crippen LogP contribution in [0.1, 0.15) is 40.5 Å². The van der Waals surface area contributed by atoms with Crippen molar-refractivity contribution in [1.29, 1.82) is 0 Å². The molecule has 0 aromatic heterocycles. The molecule has 2 N–H and O–H groups in total. The number of benzene rings is 1. The number of hydrogen-bond acceptors (Lipinski definition) is 5. The van der Waals surface area contributed by atoms with E-state index in [9.17, 15) is 14.4 Å². The summed E-state index contributed by atoms with van der Waals surface area (Å²) in [6, 6.07) is 6.13. The van der Waals surface area contributed by atoms with Gasteiger partial charge in [0.05, 0.1) is 13.2 Å². The molecule has 4 amide bonds. The van der Waals surface area contributed by atoms with Gasteiger partial charge in [0.2, 0.25) is 5.91 Å². The quantitative estimate of drug-likeness (QED) is 0.667. The Hall–Kier alpha value is -2.61. The van der Waals surface area contributed by atoms with Gasteiger partial charge in [0, 0.05) is 24.5 Å². The Kier molecular flexibility index (Phi) is 6.65. The van der Waals surface area contributed by atoms with Gasteiger partial charge in [-0.3, -0.25) is 9.59 Å². The Morgan fingerprint density at radius 2 is 1.80 bits per heavy atom. The standard InChI is InChI=1S/C22H32N4O4/c1-15(2)9-10-22(4)20(28)26(21(29)24-22)16(3)19(27)23-17-5-7-18(8-6-17)25-11-13-30-14-12-25/h5-8,15-16H,9-14H2,1-4H3,(H,23,27)(H,24,29)/t16-,22+/m1/s1. The van der Waals surface area contributed by atoms with Gasteiger partial charge in [0.15, 0.2) is 0 Å². The first-order chi connectivity index (χ1) is 14.2. The van der Waals surface area contributed by atoms with E-state index >= 15 is 0 Å². The number of nitrogens with zero attached hydrogens (tertiary/aromatic N) is 2. The molecule has 0 unspecified atom stereocenters. The average Bonchev–Trinajstić information content (AvgIpc) is 2.95. The molecule has 1 aromatic rings. The summed E-state index contributed by atoms with van der Waals surface area (Å²) >= 11 is 0. The highest BCUT2D eigenvalue weighted by Crippen LogP contribution is 2.27. The van der Waals surface area contributed by atoms with E-state index in [0.717, 1.165) is 30.1 Å². The first kappa shape index (κ1) is 22.1. The maximum absolute atomic E-state index is 12.9. The van der Waals surface area contributed by atoms with Crippen molar-refractivity contribution in [2.45, 2.75) is 52.1 Å². The van der Waals surface area contributed by atoms with Crippen LogP contribution in [-0.4, -0.2) is 60.6 Å². The second-order valence-corrected chi connectivity index (χ2v) is 8.68. The molecule has 2 heterocycles. The average molecular weight is 417 g/mol. The number of carbonyl (C=O) groups excluding carboxylic acids is 3. The number of rotatable bonds is 7. The van der Waals surface area contributed by atoms with Crippen LogP contribution in [0.25, 0.3) is 0 Å². The lowest BCUT2D eigenvalue weighted by atomic mass is 9.92. The van der Waals surface area contributed by atoms with Gasteiger partial charge in [-0.25, -0.2) is 9.69 Å². The predicted octanol–water partition coefficient (Wildman–Crippen LogP) is 2.60. The lowest BCUT2D eigenvalue weighted by molar-refractivity contribution is -0.136. The van der Waals surface area contributed by atoms with Crippen molar-refractivity contribution in [2.24, 2.45) is 5.92 Å². The first-order valence-corrected chi connectivity index (χ1v) is 10.6. The molecule has 8 nitrogen and oxygen atoms in total. The molecule has 2 aliphatic rings. The zero-order valence-electron chi connectivity index (χ0n) is 18.2. The summed E-state index contributed by atoms with van der Waals surface area (Å²) in [7, 11) is 0. The molecule has 0 spiro atoms. The zero-order chi connectivity index (χ0) is 21.9. The lowest BCUT2D eigenvalue weighted by Crippen LogP contribution is -2.48. The summed E-state index contributed by atoms with van der Waals surface area (Å²) < 4.78 is 5.37. The van der Waals surface area contributed by atoms with Gasteiger partial charge < -0.3 is 20.3 Å². The topological polar surface area (TPSA) is 91.0 Å². The van der Waals surface area contributed by atoms with E-state index in [-0.39, 0.29) is 5.91 Å². The Bertz CT molecular complexity index is 789. The predicted molar refractivity (Wildman–Crippen MR) is 115 cm³/mol. The molecule has 164 valence electrons. The Morgan fingerprint density at radius 1 is 1.17 bits per heavy atom. The highest BCUT2D eigenvalue weighted by molar-refractivity contribution is 6.11. The van der Waals surface area contributed by atoms with Crippen LogP contribution in [0.4, 0.5) is 16.2 Å². The molecular weight excluding hydrogens is 384 g/mol. The van der Waals surface area contributed by atoms with Crippen LogP contribution in [0.5, 0.6) is 0 Å². The maximum atomic E-state index is 12.9. The van der Waals surface area contributed by atoms with Crippen LogP contribution in [0.2, 0.25) is 0 Å². The fraction of sp³-hybridized carbons (Fsp3) is 0.591. The molecule has 0 aliphatic carbocycles. The maximum Gasteiger partial charge on any atom is 0.325 e. The largest absolute Gasteiger partial charge is 0.378 e. The molecule has 2 aliphatic heterocycles. The molecule has 3 rings (SSSR count). The van der Waals surface area contributed by atoms with E-state index < -0.39 is 23.5 Å². The van der Waals surface area contributed by atoms with Crippen LogP contribution >= 0.6 is 0 Å². The molecule has 0 radical (unpaired) electrons. The fourth-order valence-electron chi connectivity index (χ4n) is 3.75. The Balaban J connectivity index is 1.62. The second kappa shape index (κ2) is 9.04. The van der Waals surface area contributed by atoms with Crippen molar-refractivity contribution in [2.75, 3.05) is 36.5 Å². The van der Waals surface area contributed by atoms with Gasteiger partial charge in [-0.1, -0.05) is 13.8 Å². The van der Waals surface area contributed by atoms with Crippen molar-refractivity contribution >= 4 is 29.2 Å². The zero-order valence-corrected chi connectivity index (χ0v) is 18.2. The summed E-state index contributed by atoms with van der Waals surface area (Å²) in [5, 5.41) is 5.58. The molecule has 2 saturated heterocycles. The van der Waals surface area contributed by atoms with Crippen molar-refractivity contribution in [3.8, 4) is 0 Å². The van der Waals surface area contributed by atoms with Gasteiger partial charge in [0.25, 0.3) is 5.91 Å². The Labute approximate surface area is 177 Å². The minimum atomic E-state index is -0.963. The SMILES string of the molecule is CC(C)CC[C@]1(C)NC(=O)N([C@H](C)C(=O)Nc2ccc(N3CCOCC3)cc2)C1=O. The monoisotopic (exact) mass is 416 g/mol. The third-order valence-electron chi connectivity index (χ3n) is 5.79. The molecule has 30 heavy (non-hydrogen) atoms. The van der Waals surface area contributed by atoms with Gasteiger partial charge in [0.1, 0.15) is 11.6 Å². The van der Waals surface area contributed by atoms with Crippen molar-refractivity contribution in [3.05, 3.63) is 24.3 Å². The number of nitrogens with one attached hydrogen (secondary N) is 2. The number of hydrogen-bond donors (Lipinski definition) is 2. The summed E-state index contributed by atoms with van der Waals surface area (Å²) in [5.74, 6) is -0.328. The van der Waals surface area contributed by atoms with E-state index in [0.29, 0.717) is 31.2 Å². The van der Waals surface area contributed by atoms with Gasteiger partial charge in [-0.15, -0.1) is 0 Å². The minimum Gasteiger partial charge on any atom is -0.378 e. The van der Waals surface area contributed by atoms with Crippen molar-refractivity contribution in [3.63, 3.8) is 0 Å². The molecule has 1 aromatic carbocycles. The van der Waals surface area contributed by atoms with Gasteiger partial charge >= 0.3 is 6.03 Å². The van der Waals surface area contributed by atoms with Crippen molar-refractivity contribution < 1.29 is 19.1 Å². The summed E-state index contributed by atoms with van der Waals surface area (Å²) in [5.41, 5.74) is 0.730. The molecule has 0 bridgehead atoms. The molecule has 8 heteroatoms. The van der Waals surface area contributed by atoms with Crippen LogP contribution < -0.4 is 15.5 Å². The van der Waals surface area contributed by atoms with Crippen molar-refractivity contribution in [1.82, 2.24) is 10.2 Å². The third-order valence-corrected chi connectivity index (χ3v) is 5.79. The number of ether oxygens (including phenoxy) is 1. The van der Waals surface area contributed by atoms with E-state index in [1.807, 2.05) is 24.3 Å². The molecule has 2 atom stereocenters. The lowest BCUT2D eigenvalue weighted by Gasteiger charge is -2.29. The Morgan fingerprint density at radius 3 is 2.40 bits per heavy atom. The second-order valence-electron chi connectivity index (χ2n) is 8.68. The van der Waals surface area contributed by atoms with Crippen LogP contribution in [-0.2, 0) is 14.3 Å². The normalized spacial score (nSPS) is 23.0. The van der Waals surface area contributed by atoms with E-state index in [1.165, 1.54) is 0 Å². The van der Waals surface area contributed by atoms with E-state index in [2.05, 4.69) is 29.4 Å². The first-order valence-electron chi connectivity index (χ1n) is 10.6. The number of amides is 4. The number of carbonyl (C=O) groups is 3. The van der Waals surface area contributed by atoms with E-state index in [1.54, 1.807) is 13.8 Å². The van der Waals surface area contributed by atoms with E-state index in [4.69, 9.17) is 4.74 Å². The minimum absolute atomic E-state index is 0.349. The molecule has 2 fully saturated rings. The number of morpholine rings is 1. The number of imide groups is 1. The molecular formula is C22H32N4O4. The summed E-state index contributed by atoms with van der Waals surface area (Å²) in [6.45, 7) is 10.5. The van der Waals surface area contributed by atoms with Crippen LogP contribution in [0.15, 0.2) is 24.3 Å². The molecule has 0 saturated carbocycles. The highest BCUT2D eigenvalue weighted by atomic mass is 16.5. The summed E-state index contributed by atoms with van der Waals surface area (Å²) in [6.07, 6.45) is 1.36. The smallest absolute Gasteiger partial charge is 0.325 e. The highest BCUT2D eigenvalue weighted by Gasteiger charge is 2.50.